The molecule has 2 amide bonds. The molecule has 3 fully saturated rings. The van der Waals surface area contributed by atoms with Crippen molar-refractivity contribution in [1.29, 1.82) is 0 Å². The molecule has 0 spiro atoms. The van der Waals surface area contributed by atoms with Gasteiger partial charge in [0.2, 0.25) is 11.8 Å². The van der Waals surface area contributed by atoms with Crippen LogP contribution in [-0.2, 0) is 16.1 Å². The van der Waals surface area contributed by atoms with Crippen LogP contribution >= 0.6 is 0 Å². The second-order valence-electron chi connectivity index (χ2n) is 7.86. The van der Waals surface area contributed by atoms with Crippen LogP contribution in [-0.4, -0.2) is 71.3 Å². The zero-order valence-electron chi connectivity index (χ0n) is 16.0. The van der Waals surface area contributed by atoms with E-state index in [1.165, 1.54) is 10.9 Å². The number of carbonyl (C=O) groups is 2. The van der Waals surface area contributed by atoms with Gasteiger partial charge in [0.25, 0.3) is 0 Å². The van der Waals surface area contributed by atoms with Gasteiger partial charge < -0.3 is 9.80 Å². The van der Waals surface area contributed by atoms with Crippen molar-refractivity contribution in [3.8, 4) is 0 Å². The van der Waals surface area contributed by atoms with E-state index in [9.17, 15) is 9.59 Å². The molecule has 6 nitrogen and oxygen atoms in total. The summed E-state index contributed by atoms with van der Waals surface area (Å²) in [5, 5.41) is 1.17. The van der Waals surface area contributed by atoms with Gasteiger partial charge in [-0.15, -0.1) is 0 Å². The van der Waals surface area contributed by atoms with Crippen LogP contribution in [0.1, 0.15) is 18.4 Å². The number of fused-ring (bicyclic) bond motifs is 5. The fourth-order valence-electron chi connectivity index (χ4n) is 4.30. The molecule has 0 N–H and O–H groups in total. The molecule has 2 bridgehead atoms. The maximum atomic E-state index is 12.9. The molecule has 5 rings (SSSR count). The molecule has 0 radical (unpaired) electrons. The molecule has 4 heterocycles. The monoisotopic (exact) mass is 366 g/mol. The Kier molecular flexibility index (Phi) is 4.83. The van der Waals surface area contributed by atoms with Crippen molar-refractivity contribution >= 4 is 22.7 Å². The van der Waals surface area contributed by atoms with Crippen molar-refractivity contribution < 1.29 is 9.59 Å². The van der Waals surface area contributed by atoms with E-state index in [-0.39, 0.29) is 30.3 Å². The predicted molar refractivity (Wildman–Crippen MR) is 104 cm³/mol. The third kappa shape index (κ3) is 3.54. The van der Waals surface area contributed by atoms with Crippen LogP contribution in [0.25, 0.3) is 10.9 Å². The molecule has 1 aromatic heterocycles. The van der Waals surface area contributed by atoms with Crippen molar-refractivity contribution in [3.05, 3.63) is 42.1 Å². The smallest absolute Gasteiger partial charge is 0.241 e. The van der Waals surface area contributed by atoms with Crippen molar-refractivity contribution in [1.82, 2.24) is 19.7 Å². The minimum Gasteiger partial charge on any atom is -0.347 e. The number of carbonyl (C=O) groups excluding carboxylic acids is 2. The number of rotatable bonds is 4. The summed E-state index contributed by atoms with van der Waals surface area (Å²) in [6, 6.07) is 10.4. The van der Waals surface area contributed by atoms with Gasteiger partial charge in [-0.25, -0.2) is 0 Å². The minimum atomic E-state index is -0.0115. The summed E-state index contributed by atoms with van der Waals surface area (Å²) in [6.07, 6.45) is 3.71. The molecule has 0 unspecified atom stereocenters. The second-order valence-corrected chi connectivity index (χ2v) is 7.86. The number of aromatic nitrogens is 1. The quantitative estimate of drug-likeness (QED) is 0.827. The zero-order chi connectivity index (χ0) is 19.0. The SMILES string of the molecule is CN(C)C(=O)CN1C(=O)[C@H]2CC[C@@H]1CN(Cc1cccc3ncccc13)C2. The Morgan fingerprint density at radius 1 is 1.19 bits per heavy atom. The highest BCUT2D eigenvalue weighted by atomic mass is 16.2. The van der Waals surface area contributed by atoms with Crippen LogP contribution < -0.4 is 0 Å². The lowest BCUT2D eigenvalue weighted by Crippen LogP contribution is -2.51. The first-order valence-corrected chi connectivity index (χ1v) is 9.58. The van der Waals surface area contributed by atoms with E-state index in [4.69, 9.17) is 0 Å². The van der Waals surface area contributed by atoms with E-state index < -0.39 is 0 Å². The van der Waals surface area contributed by atoms with E-state index in [1.54, 1.807) is 19.0 Å². The van der Waals surface area contributed by atoms with Gasteiger partial charge in [0, 0.05) is 51.4 Å². The van der Waals surface area contributed by atoms with Gasteiger partial charge in [0.1, 0.15) is 6.54 Å². The van der Waals surface area contributed by atoms with Crippen LogP contribution in [0.15, 0.2) is 36.5 Å². The second kappa shape index (κ2) is 7.27. The molecule has 27 heavy (non-hydrogen) atoms. The van der Waals surface area contributed by atoms with Gasteiger partial charge in [-0.2, -0.15) is 0 Å². The molecule has 0 aliphatic carbocycles. The molecule has 0 saturated carbocycles. The molecule has 3 aliphatic heterocycles. The number of likely N-dealkylation sites (N-methyl/N-ethyl adjacent to an activating group) is 1. The topological polar surface area (TPSA) is 56.8 Å². The average Bonchev–Trinajstić information content (AvgIpc) is 2.93. The number of amides is 2. The van der Waals surface area contributed by atoms with Crippen LogP contribution in [0, 0.1) is 5.92 Å². The lowest BCUT2D eigenvalue weighted by Gasteiger charge is -2.36. The number of hydrogen-bond donors (Lipinski definition) is 0. The van der Waals surface area contributed by atoms with Crippen molar-refractivity contribution in [2.45, 2.75) is 25.4 Å². The molecule has 2 atom stereocenters. The highest BCUT2D eigenvalue weighted by Crippen LogP contribution is 2.30. The lowest BCUT2D eigenvalue weighted by atomic mass is 9.94. The van der Waals surface area contributed by atoms with Gasteiger partial charge in [-0.05, 0) is 30.5 Å². The van der Waals surface area contributed by atoms with Crippen LogP contribution in [0.4, 0.5) is 0 Å². The first-order chi connectivity index (χ1) is 13.0. The van der Waals surface area contributed by atoms with Crippen LogP contribution in [0.3, 0.4) is 0 Å². The molecular formula is C21H26N4O2. The molecule has 3 aliphatic rings. The van der Waals surface area contributed by atoms with Crippen molar-refractivity contribution in [2.75, 3.05) is 33.7 Å². The standard InChI is InChI=1S/C21H26N4O2/c1-23(2)20(26)14-25-17-9-8-16(21(25)27)12-24(13-17)11-15-5-3-7-19-18(15)6-4-10-22-19/h3-7,10,16-17H,8-9,11-14H2,1-2H3/t16-,17+/m0/s1. The average molecular weight is 366 g/mol. The van der Waals surface area contributed by atoms with Gasteiger partial charge in [-0.1, -0.05) is 18.2 Å². The first kappa shape index (κ1) is 17.9. The maximum Gasteiger partial charge on any atom is 0.241 e. The summed E-state index contributed by atoms with van der Waals surface area (Å²) in [6.45, 7) is 2.58. The summed E-state index contributed by atoms with van der Waals surface area (Å²) in [4.78, 5) is 35.3. The largest absolute Gasteiger partial charge is 0.347 e. The molecular weight excluding hydrogens is 340 g/mol. The van der Waals surface area contributed by atoms with Gasteiger partial charge in [0.05, 0.1) is 11.4 Å². The molecule has 142 valence electrons. The Morgan fingerprint density at radius 3 is 2.85 bits per heavy atom. The van der Waals surface area contributed by atoms with Crippen LogP contribution in [0.2, 0.25) is 0 Å². The number of pyridine rings is 1. The highest BCUT2D eigenvalue weighted by molar-refractivity contribution is 5.87. The fourth-order valence-corrected chi connectivity index (χ4v) is 4.30. The molecule has 3 saturated heterocycles. The van der Waals surface area contributed by atoms with Crippen LogP contribution in [0.5, 0.6) is 0 Å². The van der Waals surface area contributed by atoms with Crippen molar-refractivity contribution in [2.24, 2.45) is 5.92 Å². The van der Waals surface area contributed by atoms with E-state index in [0.717, 1.165) is 38.0 Å². The van der Waals surface area contributed by atoms with Gasteiger partial charge in [0.15, 0.2) is 0 Å². The maximum absolute atomic E-state index is 12.9. The first-order valence-electron chi connectivity index (χ1n) is 9.58. The van der Waals surface area contributed by atoms with E-state index in [1.807, 2.05) is 29.3 Å². The Hall–Kier alpha value is -2.47. The highest BCUT2D eigenvalue weighted by Gasteiger charge is 2.41. The van der Waals surface area contributed by atoms with E-state index in [0.29, 0.717) is 0 Å². The van der Waals surface area contributed by atoms with E-state index in [2.05, 4.69) is 22.0 Å². The van der Waals surface area contributed by atoms with E-state index >= 15 is 0 Å². The summed E-state index contributed by atoms with van der Waals surface area (Å²) >= 11 is 0. The summed E-state index contributed by atoms with van der Waals surface area (Å²) in [5.74, 6) is 0.123. The molecule has 6 heteroatoms. The summed E-state index contributed by atoms with van der Waals surface area (Å²) in [5.41, 5.74) is 2.24. The summed E-state index contributed by atoms with van der Waals surface area (Å²) < 4.78 is 0. The Labute approximate surface area is 159 Å². The summed E-state index contributed by atoms with van der Waals surface area (Å²) in [7, 11) is 3.48. The number of nitrogens with zero attached hydrogens (tertiary/aromatic N) is 4. The lowest BCUT2D eigenvalue weighted by molar-refractivity contribution is -0.145. The third-order valence-electron chi connectivity index (χ3n) is 5.80. The molecule has 2 aromatic rings. The Balaban J connectivity index is 1.55. The number of hydrogen-bond acceptors (Lipinski definition) is 4. The van der Waals surface area contributed by atoms with Crippen molar-refractivity contribution in [3.63, 3.8) is 0 Å². The Bertz CT molecular complexity index is 861. The number of piperidine rings is 1. The van der Waals surface area contributed by atoms with Gasteiger partial charge >= 0.3 is 0 Å². The Morgan fingerprint density at radius 2 is 2.04 bits per heavy atom. The normalized spacial score (nSPS) is 22.9. The number of benzene rings is 1. The molecule has 1 aromatic carbocycles. The van der Waals surface area contributed by atoms with Gasteiger partial charge in [-0.3, -0.25) is 19.5 Å². The predicted octanol–water partition coefficient (Wildman–Crippen LogP) is 1.75. The zero-order valence-corrected chi connectivity index (χ0v) is 16.0. The fraction of sp³-hybridized carbons (Fsp3) is 0.476. The minimum absolute atomic E-state index is 0.00758. The third-order valence-corrected chi connectivity index (χ3v) is 5.80.